The van der Waals surface area contributed by atoms with E-state index in [2.05, 4.69) is 20.9 Å². The first-order chi connectivity index (χ1) is 7.50. The van der Waals surface area contributed by atoms with Crippen LogP contribution in [-0.4, -0.2) is 25.2 Å². The molecule has 1 saturated heterocycles. The van der Waals surface area contributed by atoms with E-state index in [-0.39, 0.29) is 61.4 Å². The fraction of sp³-hybridized carbons (Fsp3) is 0.375. The third-order valence-electron chi connectivity index (χ3n) is 2.18. The van der Waals surface area contributed by atoms with Crippen LogP contribution < -0.4 is 56.8 Å². The smallest absolute Gasteiger partial charge is 0.445 e. The van der Waals surface area contributed by atoms with E-state index in [0.717, 1.165) is 6.20 Å². The maximum absolute atomic E-state index is 12.8. The van der Waals surface area contributed by atoms with Crippen LogP contribution in [0.15, 0.2) is 16.9 Å². The molecule has 1 aromatic rings. The first-order valence-corrected chi connectivity index (χ1v) is 5.36. The molecule has 0 amide bonds. The zero-order chi connectivity index (χ0) is 11.8. The average molecular weight is 336 g/mol. The fourth-order valence-corrected chi connectivity index (χ4v) is 2.03. The van der Waals surface area contributed by atoms with Crippen molar-refractivity contribution in [1.29, 1.82) is 0 Å². The first-order valence-electron chi connectivity index (χ1n) is 4.56. The molecule has 0 bridgehead atoms. The molecule has 9 heteroatoms. The maximum Gasteiger partial charge on any atom is 1.00 e. The second kappa shape index (κ2) is 6.47. The first kappa shape index (κ1) is 16.1. The standard InChI is InChI=1S/C8H7BBrF3NO2.K/c10-6-4-14-3-5(9(11,12)13)7(6)8-15-1-2-16-8;/h3-4,8H,1-2H2;/q-1;+1. The van der Waals surface area contributed by atoms with E-state index in [0.29, 0.717) is 13.2 Å². The van der Waals surface area contributed by atoms with Crippen LogP contribution in [-0.2, 0) is 9.47 Å². The Labute approximate surface area is 147 Å². The van der Waals surface area contributed by atoms with Gasteiger partial charge in [-0.15, -0.1) is 0 Å². The van der Waals surface area contributed by atoms with Gasteiger partial charge in [-0.25, -0.2) is 0 Å². The van der Waals surface area contributed by atoms with Crippen molar-refractivity contribution in [3.63, 3.8) is 0 Å². The molecule has 1 aromatic heterocycles. The molecule has 0 unspecified atom stereocenters. The van der Waals surface area contributed by atoms with E-state index in [1.807, 2.05) is 0 Å². The number of ether oxygens (including phenoxy) is 2. The van der Waals surface area contributed by atoms with E-state index in [4.69, 9.17) is 9.47 Å². The summed E-state index contributed by atoms with van der Waals surface area (Å²) in [7, 11) is 0. The van der Waals surface area contributed by atoms with Crippen molar-refractivity contribution in [2.24, 2.45) is 0 Å². The van der Waals surface area contributed by atoms with Gasteiger partial charge >= 0.3 is 58.4 Å². The van der Waals surface area contributed by atoms with Gasteiger partial charge in [-0.2, -0.15) is 0 Å². The molecule has 0 N–H and O–H groups in total. The summed E-state index contributed by atoms with van der Waals surface area (Å²) in [5, 5.41) is 0. The van der Waals surface area contributed by atoms with Crippen molar-refractivity contribution < 1.29 is 73.8 Å². The van der Waals surface area contributed by atoms with Crippen LogP contribution in [0.25, 0.3) is 0 Å². The summed E-state index contributed by atoms with van der Waals surface area (Å²) >= 11 is 3.04. The van der Waals surface area contributed by atoms with E-state index in [1.165, 1.54) is 6.20 Å². The second-order valence-electron chi connectivity index (χ2n) is 3.27. The SMILES string of the molecule is F[B-](F)(F)c1cncc(Br)c1C1OCCO1.[K+]. The molecule has 88 valence electrons. The Bertz CT molecular complexity index is 401. The maximum atomic E-state index is 12.8. The predicted octanol–water partition coefficient (Wildman–Crippen LogP) is -1.05. The summed E-state index contributed by atoms with van der Waals surface area (Å²) in [6, 6.07) is 0. The largest absolute Gasteiger partial charge is 1.00 e. The van der Waals surface area contributed by atoms with Crippen LogP contribution in [0.4, 0.5) is 12.9 Å². The van der Waals surface area contributed by atoms with Gasteiger partial charge in [0, 0.05) is 16.9 Å². The van der Waals surface area contributed by atoms with Crippen molar-refractivity contribution in [1.82, 2.24) is 4.98 Å². The molecule has 0 aliphatic carbocycles. The Morgan fingerprint density at radius 3 is 2.35 bits per heavy atom. The molecule has 1 fully saturated rings. The Morgan fingerprint density at radius 1 is 1.24 bits per heavy atom. The van der Waals surface area contributed by atoms with Gasteiger partial charge in [0.15, 0.2) is 6.29 Å². The fourth-order valence-electron chi connectivity index (χ4n) is 1.49. The van der Waals surface area contributed by atoms with Gasteiger partial charge < -0.3 is 22.4 Å². The number of pyridine rings is 1. The molecule has 0 atom stereocenters. The van der Waals surface area contributed by atoms with Gasteiger partial charge in [-0.3, -0.25) is 4.98 Å². The molecular formula is C8H7BBrF3KNO2. The van der Waals surface area contributed by atoms with Crippen LogP contribution in [0.2, 0.25) is 0 Å². The van der Waals surface area contributed by atoms with Crippen molar-refractivity contribution in [2.45, 2.75) is 6.29 Å². The Hall–Kier alpha value is 1.04. The summed E-state index contributed by atoms with van der Waals surface area (Å²) in [4.78, 5) is 3.52. The van der Waals surface area contributed by atoms with Gasteiger partial charge in [0.2, 0.25) is 0 Å². The van der Waals surface area contributed by atoms with Crippen molar-refractivity contribution >= 4 is 28.4 Å². The number of nitrogens with zero attached hydrogens (tertiary/aromatic N) is 1. The second-order valence-corrected chi connectivity index (χ2v) is 4.13. The van der Waals surface area contributed by atoms with Crippen molar-refractivity contribution in [2.75, 3.05) is 13.2 Å². The molecular weight excluding hydrogens is 329 g/mol. The zero-order valence-electron chi connectivity index (χ0n) is 9.00. The quantitative estimate of drug-likeness (QED) is 0.646. The third-order valence-corrected chi connectivity index (χ3v) is 2.81. The number of aromatic nitrogens is 1. The number of hydrogen-bond donors (Lipinski definition) is 0. The minimum absolute atomic E-state index is 0. The van der Waals surface area contributed by atoms with E-state index in [9.17, 15) is 12.9 Å². The van der Waals surface area contributed by atoms with Crippen LogP contribution in [0, 0.1) is 0 Å². The minimum Gasteiger partial charge on any atom is -0.445 e. The summed E-state index contributed by atoms with van der Waals surface area (Å²) in [6.45, 7) is -4.54. The monoisotopic (exact) mass is 335 g/mol. The van der Waals surface area contributed by atoms with Gasteiger partial charge in [-0.1, -0.05) is 5.46 Å². The van der Waals surface area contributed by atoms with Gasteiger partial charge in [0.1, 0.15) is 0 Å². The molecule has 2 heterocycles. The Morgan fingerprint density at radius 2 is 1.82 bits per heavy atom. The molecule has 1 aliphatic heterocycles. The van der Waals surface area contributed by atoms with Crippen molar-refractivity contribution in [3.05, 3.63) is 22.4 Å². The Balaban J connectivity index is 0.00000144. The van der Waals surface area contributed by atoms with Gasteiger partial charge in [0.05, 0.1) is 13.2 Å². The van der Waals surface area contributed by atoms with Crippen LogP contribution in [0.3, 0.4) is 0 Å². The molecule has 17 heavy (non-hydrogen) atoms. The zero-order valence-corrected chi connectivity index (χ0v) is 13.7. The van der Waals surface area contributed by atoms with E-state index < -0.39 is 18.7 Å². The molecule has 0 spiro atoms. The number of hydrogen-bond acceptors (Lipinski definition) is 3. The third kappa shape index (κ3) is 3.76. The average Bonchev–Trinajstić information content (AvgIpc) is 2.68. The predicted molar refractivity (Wildman–Crippen MR) is 55.3 cm³/mol. The van der Waals surface area contributed by atoms with Crippen LogP contribution in [0.5, 0.6) is 0 Å². The van der Waals surface area contributed by atoms with E-state index >= 15 is 0 Å². The summed E-state index contributed by atoms with van der Waals surface area (Å²) in [6.07, 6.45) is 1.13. The van der Waals surface area contributed by atoms with Crippen LogP contribution >= 0.6 is 15.9 Å². The number of rotatable bonds is 2. The molecule has 3 nitrogen and oxygen atoms in total. The topological polar surface area (TPSA) is 31.4 Å². The summed E-state index contributed by atoms with van der Waals surface area (Å²) in [5.74, 6) is 0. The van der Waals surface area contributed by atoms with Gasteiger partial charge in [0.25, 0.3) is 0 Å². The summed E-state index contributed by atoms with van der Waals surface area (Å²) < 4.78 is 48.7. The molecule has 0 radical (unpaired) electrons. The van der Waals surface area contributed by atoms with Gasteiger partial charge in [-0.05, 0) is 21.5 Å². The molecule has 0 aromatic carbocycles. The number of halogens is 4. The summed E-state index contributed by atoms with van der Waals surface area (Å²) in [5.41, 5.74) is -0.804. The minimum atomic E-state index is -5.13. The molecule has 0 saturated carbocycles. The molecule has 2 rings (SSSR count). The Kier molecular flexibility index (Phi) is 6.12. The normalized spacial score (nSPS) is 16.9. The van der Waals surface area contributed by atoms with Crippen molar-refractivity contribution in [3.8, 4) is 0 Å². The molecule has 1 aliphatic rings. The van der Waals surface area contributed by atoms with E-state index in [1.54, 1.807) is 0 Å². The van der Waals surface area contributed by atoms with Crippen LogP contribution in [0.1, 0.15) is 11.9 Å².